The average molecular weight is 291 g/mol. The average Bonchev–Trinajstić information content (AvgIpc) is 2.95. The maximum atomic E-state index is 13.7. The van der Waals surface area contributed by atoms with Crippen molar-refractivity contribution in [1.29, 1.82) is 0 Å². The number of piperidine rings is 1. The summed E-state index contributed by atoms with van der Waals surface area (Å²) in [5, 5.41) is 11.7. The summed E-state index contributed by atoms with van der Waals surface area (Å²) in [6.07, 6.45) is 6.46. The van der Waals surface area contributed by atoms with Crippen LogP contribution in [0.15, 0.2) is 23.4 Å². The number of rotatable bonds is 3. The normalized spacial score (nSPS) is 26.8. The molecule has 5 heteroatoms. The number of fused-ring (bicyclic) bond motifs is 1. The minimum Gasteiger partial charge on any atom is -0.409 e. The molecule has 1 heterocycles. The van der Waals surface area contributed by atoms with E-state index in [1.807, 2.05) is 6.07 Å². The first kappa shape index (κ1) is 14.3. The number of oxime groups is 1. The monoisotopic (exact) mass is 291 g/mol. The standard InChI is InChI=1S/C16H22FN3O/c17-14-8-11(7-13(9-14)16(18)19-21)10-20-6-2-4-12-3-1-5-15(12)20/h7-9,12,15,21H,1-6,10H2,(H2,18,19). The molecule has 1 aromatic carbocycles. The van der Waals surface area contributed by atoms with Gasteiger partial charge in [0.05, 0.1) is 0 Å². The van der Waals surface area contributed by atoms with Gasteiger partial charge in [0, 0.05) is 18.2 Å². The Bertz CT molecular complexity index is 546. The molecule has 0 spiro atoms. The van der Waals surface area contributed by atoms with Crippen LogP contribution in [0.3, 0.4) is 0 Å². The molecule has 21 heavy (non-hydrogen) atoms. The molecule has 0 radical (unpaired) electrons. The molecule has 0 amide bonds. The molecule has 4 nitrogen and oxygen atoms in total. The zero-order chi connectivity index (χ0) is 14.8. The van der Waals surface area contributed by atoms with E-state index in [-0.39, 0.29) is 11.7 Å². The lowest BCUT2D eigenvalue weighted by Crippen LogP contribution is -2.41. The first-order chi connectivity index (χ1) is 10.2. The van der Waals surface area contributed by atoms with Crippen LogP contribution in [0.5, 0.6) is 0 Å². The van der Waals surface area contributed by atoms with Gasteiger partial charge in [-0.1, -0.05) is 11.6 Å². The highest BCUT2D eigenvalue weighted by atomic mass is 19.1. The number of halogens is 1. The quantitative estimate of drug-likeness (QED) is 0.389. The molecular weight excluding hydrogens is 269 g/mol. The number of hydrogen-bond donors (Lipinski definition) is 2. The first-order valence-corrected chi connectivity index (χ1v) is 7.69. The molecule has 114 valence electrons. The van der Waals surface area contributed by atoms with Crippen molar-refractivity contribution in [3.63, 3.8) is 0 Å². The molecule has 2 aliphatic rings. The second-order valence-corrected chi connectivity index (χ2v) is 6.20. The van der Waals surface area contributed by atoms with E-state index < -0.39 is 0 Å². The molecule has 1 aromatic rings. The Morgan fingerprint density at radius 2 is 2.10 bits per heavy atom. The molecule has 1 saturated heterocycles. The van der Waals surface area contributed by atoms with Gasteiger partial charge in [-0.3, -0.25) is 4.90 Å². The van der Waals surface area contributed by atoms with E-state index in [9.17, 15) is 4.39 Å². The topological polar surface area (TPSA) is 61.9 Å². The summed E-state index contributed by atoms with van der Waals surface area (Å²) in [6, 6.07) is 5.31. The summed E-state index contributed by atoms with van der Waals surface area (Å²) < 4.78 is 13.7. The summed E-state index contributed by atoms with van der Waals surface area (Å²) in [6.45, 7) is 1.82. The molecule has 2 atom stereocenters. The van der Waals surface area contributed by atoms with Crippen molar-refractivity contribution in [3.05, 3.63) is 35.1 Å². The zero-order valence-electron chi connectivity index (χ0n) is 12.1. The second-order valence-electron chi connectivity index (χ2n) is 6.20. The van der Waals surface area contributed by atoms with Crippen LogP contribution >= 0.6 is 0 Å². The molecule has 1 saturated carbocycles. The van der Waals surface area contributed by atoms with Crippen molar-refractivity contribution in [1.82, 2.24) is 4.90 Å². The number of amidine groups is 1. The smallest absolute Gasteiger partial charge is 0.170 e. The van der Waals surface area contributed by atoms with Gasteiger partial charge in [0.15, 0.2) is 5.84 Å². The Labute approximate surface area is 124 Å². The lowest BCUT2D eigenvalue weighted by Gasteiger charge is -2.37. The predicted octanol–water partition coefficient (Wildman–Crippen LogP) is 2.68. The largest absolute Gasteiger partial charge is 0.409 e. The lowest BCUT2D eigenvalue weighted by atomic mass is 9.91. The Kier molecular flexibility index (Phi) is 4.10. The minimum absolute atomic E-state index is 0.0480. The maximum Gasteiger partial charge on any atom is 0.170 e. The zero-order valence-corrected chi connectivity index (χ0v) is 12.1. The molecule has 1 aliphatic heterocycles. The third-order valence-corrected chi connectivity index (χ3v) is 4.85. The van der Waals surface area contributed by atoms with E-state index in [0.29, 0.717) is 11.6 Å². The first-order valence-electron chi connectivity index (χ1n) is 7.69. The highest BCUT2D eigenvalue weighted by Gasteiger charge is 2.34. The van der Waals surface area contributed by atoms with E-state index in [0.717, 1.165) is 24.6 Å². The van der Waals surface area contributed by atoms with Gasteiger partial charge in [0.25, 0.3) is 0 Å². The summed E-state index contributed by atoms with van der Waals surface area (Å²) in [5.41, 5.74) is 6.90. The van der Waals surface area contributed by atoms with Crippen molar-refractivity contribution < 1.29 is 9.60 Å². The van der Waals surface area contributed by atoms with Gasteiger partial charge in [-0.05, 0) is 61.9 Å². The van der Waals surface area contributed by atoms with Crippen LogP contribution < -0.4 is 5.73 Å². The van der Waals surface area contributed by atoms with E-state index >= 15 is 0 Å². The van der Waals surface area contributed by atoms with Gasteiger partial charge in [-0.25, -0.2) is 4.39 Å². The van der Waals surface area contributed by atoms with Gasteiger partial charge in [-0.2, -0.15) is 0 Å². The van der Waals surface area contributed by atoms with Crippen LogP contribution in [0, 0.1) is 11.7 Å². The summed E-state index contributed by atoms with van der Waals surface area (Å²) in [7, 11) is 0. The van der Waals surface area contributed by atoms with Gasteiger partial charge in [0.2, 0.25) is 0 Å². The minimum atomic E-state index is -0.339. The van der Waals surface area contributed by atoms with Crippen LogP contribution in [-0.4, -0.2) is 28.5 Å². The van der Waals surface area contributed by atoms with Crippen molar-refractivity contribution in [2.24, 2.45) is 16.8 Å². The number of nitrogens with two attached hydrogens (primary N) is 1. The number of hydrogen-bond acceptors (Lipinski definition) is 3. The molecule has 1 aliphatic carbocycles. The van der Waals surface area contributed by atoms with Crippen LogP contribution in [0.25, 0.3) is 0 Å². The fourth-order valence-electron chi connectivity index (χ4n) is 3.94. The molecular formula is C16H22FN3O. The van der Waals surface area contributed by atoms with E-state index in [4.69, 9.17) is 10.9 Å². The van der Waals surface area contributed by atoms with E-state index in [1.165, 1.54) is 38.2 Å². The second kappa shape index (κ2) is 6.02. The SMILES string of the molecule is N/C(=N/O)c1cc(F)cc(CN2CCCC3CCCC32)c1. The Hall–Kier alpha value is -1.62. The molecule has 0 bridgehead atoms. The predicted molar refractivity (Wildman–Crippen MR) is 79.7 cm³/mol. The highest BCUT2D eigenvalue weighted by Crippen LogP contribution is 2.37. The Morgan fingerprint density at radius 1 is 1.29 bits per heavy atom. The molecule has 3 N–H and O–H groups in total. The van der Waals surface area contributed by atoms with Crippen molar-refractivity contribution in [3.8, 4) is 0 Å². The van der Waals surface area contributed by atoms with Crippen molar-refractivity contribution in [2.75, 3.05) is 6.54 Å². The summed E-state index contributed by atoms with van der Waals surface area (Å²) in [5.74, 6) is 0.429. The third kappa shape index (κ3) is 3.02. The fraction of sp³-hybridized carbons (Fsp3) is 0.562. The van der Waals surface area contributed by atoms with E-state index in [1.54, 1.807) is 6.07 Å². The number of nitrogens with zero attached hydrogens (tertiary/aromatic N) is 2. The maximum absolute atomic E-state index is 13.7. The highest BCUT2D eigenvalue weighted by molar-refractivity contribution is 5.97. The van der Waals surface area contributed by atoms with Crippen LogP contribution in [0.2, 0.25) is 0 Å². The summed E-state index contributed by atoms with van der Waals surface area (Å²) >= 11 is 0. The van der Waals surface area contributed by atoms with E-state index in [2.05, 4.69) is 10.1 Å². The van der Waals surface area contributed by atoms with Gasteiger partial charge in [0.1, 0.15) is 5.82 Å². The number of benzene rings is 1. The molecule has 0 aromatic heterocycles. The van der Waals surface area contributed by atoms with Gasteiger partial charge in [-0.15, -0.1) is 0 Å². The fourth-order valence-corrected chi connectivity index (χ4v) is 3.94. The third-order valence-electron chi connectivity index (χ3n) is 4.85. The molecule has 2 fully saturated rings. The van der Waals surface area contributed by atoms with Crippen LogP contribution in [0.4, 0.5) is 4.39 Å². The molecule has 3 rings (SSSR count). The van der Waals surface area contributed by atoms with Crippen molar-refractivity contribution in [2.45, 2.75) is 44.7 Å². The summed E-state index contributed by atoms with van der Waals surface area (Å²) in [4.78, 5) is 2.48. The van der Waals surface area contributed by atoms with Gasteiger partial charge < -0.3 is 10.9 Å². The Morgan fingerprint density at radius 3 is 2.90 bits per heavy atom. The van der Waals surface area contributed by atoms with Gasteiger partial charge >= 0.3 is 0 Å². The van der Waals surface area contributed by atoms with Crippen LogP contribution in [-0.2, 0) is 6.54 Å². The van der Waals surface area contributed by atoms with Crippen LogP contribution in [0.1, 0.15) is 43.2 Å². The molecule has 2 unspecified atom stereocenters. The van der Waals surface area contributed by atoms with Crippen molar-refractivity contribution >= 4 is 5.84 Å². The lowest BCUT2D eigenvalue weighted by molar-refractivity contribution is 0.106. The Balaban J connectivity index is 1.79. The number of likely N-dealkylation sites (tertiary alicyclic amines) is 1.